The molecule has 1 aromatic rings. The molecule has 0 unspecified atom stereocenters. The van der Waals surface area contributed by atoms with Crippen LogP contribution in [0.2, 0.25) is 0 Å². The van der Waals surface area contributed by atoms with Crippen molar-refractivity contribution in [3.63, 3.8) is 0 Å². The molecule has 0 spiro atoms. The zero-order valence-electron chi connectivity index (χ0n) is 4.56. The molecule has 0 amide bonds. The zero-order valence-corrected chi connectivity index (χ0v) is 4.28. The van der Waals surface area contributed by atoms with E-state index in [4.69, 9.17) is 2.74 Å². The molecule has 0 aliphatic carbocycles. The molecule has 0 aromatic carbocycles. The number of hydrogen-bond acceptors (Lipinski definition) is 0. The molecule has 0 aliphatic heterocycles. The molecule has 0 N–H and O–H groups in total. The predicted octanol–water partition coefficient (Wildman–Crippen LogP) is 0.744. The van der Waals surface area contributed by atoms with E-state index in [1.807, 2.05) is 0 Å². The SMILES string of the molecule is [2H]c1ccc([2H])[se]1. The molecule has 5 heavy (non-hydrogen) atoms. The van der Waals surface area contributed by atoms with Crippen LogP contribution in [0.4, 0.5) is 0 Å². The molecule has 1 rings (SSSR count). The Morgan fingerprint density at radius 3 is 2.20 bits per heavy atom. The van der Waals surface area contributed by atoms with Gasteiger partial charge in [0.1, 0.15) is 0 Å². The van der Waals surface area contributed by atoms with Crippen LogP contribution < -0.4 is 0 Å². The van der Waals surface area contributed by atoms with Crippen molar-refractivity contribution < 1.29 is 2.74 Å². The molecule has 0 aliphatic rings. The van der Waals surface area contributed by atoms with E-state index in [9.17, 15) is 0 Å². The van der Waals surface area contributed by atoms with Gasteiger partial charge in [-0.05, 0) is 0 Å². The van der Waals surface area contributed by atoms with Crippen LogP contribution in [0.15, 0.2) is 22.0 Å². The van der Waals surface area contributed by atoms with Crippen molar-refractivity contribution in [3.05, 3.63) is 22.0 Å². The Labute approximate surface area is 40.0 Å². The van der Waals surface area contributed by atoms with Gasteiger partial charge in [0.05, 0.1) is 0 Å². The van der Waals surface area contributed by atoms with Gasteiger partial charge in [-0.15, -0.1) is 0 Å². The van der Waals surface area contributed by atoms with Gasteiger partial charge in [0.15, 0.2) is 0 Å². The number of rotatable bonds is 0. The molecule has 1 heterocycles. The molecule has 26 valence electrons. The van der Waals surface area contributed by atoms with Crippen LogP contribution in [0.1, 0.15) is 2.74 Å². The van der Waals surface area contributed by atoms with Crippen LogP contribution in [0.25, 0.3) is 0 Å². The van der Waals surface area contributed by atoms with E-state index in [2.05, 4.69) is 0 Å². The van der Waals surface area contributed by atoms with Crippen molar-refractivity contribution in [1.29, 1.82) is 0 Å². The second kappa shape index (κ2) is 1.44. The average Bonchev–Trinajstić information content (AvgIpc) is 1.87. The van der Waals surface area contributed by atoms with E-state index in [0.717, 1.165) is 0 Å². The van der Waals surface area contributed by atoms with E-state index in [1.165, 1.54) is 0 Å². The fourth-order valence-electron chi connectivity index (χ4n) is 0.170. The molecule has 0 saturated carbocycles. The Morgan fingerprint density at radius 2 is 2.00 bits per heavy atom. The zero-order chi connectivity index (χ0) is 5.28. The van der Waals surface area contributed by atoms with Gasteiger partial charge < -0.3 is 0 Å². The molecule has 0 saturated heterocycles. The first-order chi connectivity index (χ1) is 3.29. The summed E-state index contributed by atoms with van der Waals surface area (Å²) in [5, 5.41) is 0. The Morgan fingerprint density at radius 1 is 1.40 bits per heavy atom. The summed E-state index contributed by atoms with van der Waals surface area (Å²) < 4.78 is 14.0. The Bertz CT molecular complexity index is 142. The Kier molecular flexibility index (Phi) is 0.470. The van der Waals surface area contributed by atoms with Crippen LogP contribution in [0.3, 0.4) is 0 Å². The first kappa shape index (κ1) is 1.63. The summed E-state index contributed by atoms with van der Waals surface area (Å²) in [7, 11) is 0. The fraction of sp³-hybridized carbons (Fsp3) is 0. The molecule has 1 heteroatoms. The molecular formula is C4H4Se. The third-order valence-electron chi connectivity index (χ3n) is 0.337. The van der Waals surface area contributed by atoms with Crippen molar-refractivity contribution in [3.8, 4) is 0 Å². The average molecular weight is 133 g/mol. The van der Waals surface area contributed by atoms with E-state index in [-0.39, 0.29) is 14.5 Å². The monoisotopic (exact) mass is 134 g/mol. The molecule has 0 radical (unpaired) electrons. The summed E-state index contributed by atoms with van der Waals surface area (Å²) in [4.78, 5) is 1.22. The fourth-order valence-corrected chi connectivity index (χ4v) is 0.884. The maximum absolute atomic E-state index is 6.98. The van der Waals surface area contributed by atoms with Gasteiger partial charge in [-0.25, -0.2) is 0 Å². The normalized spacial score (nSPS) is 13.6. The minimum absolute atomic E-state index is 0.0417. The van der Waals surface area contributed by atoms with Crippen LogP contribution in [-0.2, 0) is 0 Å². The molecular weight excluding hydrogens is 127 g/mol. The van der Waals surface area contributed by atoms with Gasteiger partial charge in [-0.1, -0.05) is 0 Å². The van der Waals surface area contributed by atoms with Gasteiger partial charge in [-0.2, -0.15) is 0 Å². The maximum atomic E-state index is 6.98. The van der Waals surface area contributed by atoms with E-state index in [1.54, 1.807) is 12.1 Å². The van der Waals surface area contributed by atoms with Gasteiger partial charge in [0.2, 0.25) is 0 Å². The van der Waals surface area contributed by atoms with Crippen molar-refractivity contribution in [2.24, 2.45) is 0 Å². The molecule has 0 bridgehead atoms. The summed E-state index contributed by atoms with van der Waals surface area (Å²) in [6.45, 7) is 0. The van der Waals surface area contributed by atoms with E-state index < -0.39 is 0 Å². The second-order valence-electron chi connectivity index (χ2n) is 0.671. The van der Waals surface area contributed by atoms with Crippen molar-refractivity contribution >= 4 is 14.5 Å². The standard InChI is InChI=1S/C4H4Se/c1-2-4-5-3-1/h1-4H/i3D,4D. The Hall–Kier alpha value is -0.000519. The molecule has 1 aromatic heterocycles. The van der Waals surface area contributed by atoms with Crippen molar-refractivity contribution in [2.75, 3.05) is 0 Å². The van der Waals surface area contributed by atoms with Crippen molar-refractivity contribution in [2.45, 2.75) is 0 Å². The third kappa shape index (κ3) is 0.640. The minimum atomic E-state index is 0.0417. The summed E-state index contributed by atoms with van der Waals surface area (Å²) >= 11 is 0.0417. The first-order valence-corrected chi connectivity index (χ1v) is 3.03. The predicted molar refractivity (Wildman–Crippen MR) is 23.4 cm³/mol. The van der Waals surface area contributed by atoms with Crippen LogP contribution in [0.5, 0.6) is 0 Å². The van der Waals surface area contributed by atoms with E-state index >= 15 is 0 Å². The topological polar surface area (TPSA) is 0 Å². The summed E-state index contributed by atoms with van der Waals surface area (Å²) in [6, 6.07) is 3.37. The van der Waals surface area contributed by atoms with Gasteiger partial charge in [0.25, 0.3) is 0 Å². The first-order valence-electron chi connectivity index (χ1n) is 2.32. The van der Waals surface area contributed by atoms with Gasteiger partial charge in [-0.3, -0.25) is 0 Å². The Balaban J connectivity index is 3.04. The van der Waals surface area contributed by atoms with Gasteiger partial charge in [0, 0.05) is 0 Å². The second-order valence-corrected chi connectivity index (χ2v) is 2.09. The number of hydrogen-bond donors (Lipinski definition) is 0. The van der Waals surface area contributed by atoms with E-state index in [0.29, 0.717) is 9.83 Å². The quantitative estimate of drug-likeness (QED) is 0.458. The van der Waals surface area contributed by atoms with Crippen LogP contribution in [-0.4, -0.2) is 14.5 Å². The van der Waals surface area contributed by atoms with Gasteiger partial charge >= 0.3 is 39.2 Å². The van der Waals surface area contributed by atoms with Crippen LogP contribution >= 0.6 is 0 Å². The molecule has 0 nitrogen and oxygen atoms in total. The molecule has 0 atom stereocenters. The summed E-state index contributed by atoms with van der Waals surface area (Å²) in [5.74, 6) is 0. The van der Waals surface area contributed by atoms with Crippen molar-refractivity contribution in [1.82, 2.24) is 0 Å². The summed E-state index contributed by atoms with van der Waals surface area (Å²) in [5.41, 5.74) is 0. The molecule has 0 fully saturated rings. The summed E-state index contributed by atoms with van der Waals surface area (Å²) in [6.07, 6.45) is 0. The third-order valence-corrected chi connectivity index (χ3v) is 1.40. The van der Waals surface area contributed by atoms with Crippen LogP contribution in [0, 0.1) is 0 Å².